The van der Waals surface area contributed by atoms with E-state index in [1.807, 2.05) is 0 Å². The predicted molar refractivity (Wildman–Crippen MR) is 200 cm³/mol. The van der Waals surface area contributed by atoms with Gasteiger partial charge in [-0.25, -0.2) is 0 Å². The van der Waals surface area contributed by atoms with E-state index in [9.17, 15) is 43.2 Å². The summed E-state index contributed by atoms with van der Waals surface area (Å²) in [5.41, 5.74) is 11.3. The van der Waals surface area contributed by atoms with Gasteiger partial charge in [0.25, 0.3) is 0 Å². The largest absolute Gasteiger partial charge is 0.345 e. The van der Waals surface area contributed by atoms with Crippen molar-refractivity contribution in [3.63, 3.8) is 0 Å². The van der Waals surface area contributed by atoms with Crippen molar-refractivity contribution in [2.45, 2.75) is 104 Å². The summed E-state index contributed by atoms with van der Waals surface area (Å²) in [5.74, 6) is -6.39. The maximum Gasteiger partial charge on any atom is 0.243 e. The number of carbonyl (C=O) groups excluding carboxylic acids is 9. The molecule has 0 fully saturated rings. The fraction of sp³-hybridized carbons (Fsp3) is 0.727. The molecule has 0 saturated carbocycles. The Bertz CT molecular complexity index is 1270. The second-order valence-electron chi connectivity index (χ2n) is 13.6. The molecule has 0 spiro atoms. The summed E-state index contributed by atoms with van der Waals surface area (Å²) in [5, 5.41) is 19.6. The third-order valence-corrected chi connectivity index (χ3v) is 8.23. The van der Waals surface area contributed by atoms with Crippen LogP contribution in [0.3, 0.4) is 0 Å². The molecule has 0 bridgehead atoms. The molecule has 20 heteroatoms. The number of amides is 8. The third kappa shape index (κ3) is 19.4. The van der Waals surface area contributed by atoms with Gasteiger partial charge in [-0.1, -0.05) is 41.5 Å². The summed E-state index contributed by atoms with van der Waals surface area (Å²) < 4.78 is 0. The van der Waals surface area contributed by atoms with Gasteiger partial charge < -0.3 is 58.8 Å². The Hall–Kier alpha value is -4.30. The number of thiol groups is 1. The topological polar surface area (TPSA) is 302 Å². The monoisotopic (exact) mass is 772 g/mol. The number of hydrogen-bond donors (Lipinski definition) is 11. The molecule has 0 rings (SSSR count). The standard InChI is InChI=1S/C33H60N10O9S/c1-17(2)26(35)31(50)43-28(19(5)6)33(52)37-12-23(45)39-20(7)29(48)41-22(16-53)30(49)36-14-25(47)42-27(18(3)4)32(51)38-13-24(46)40-21(15-44)10-8-9-11-34/h15,17-22,26-28,53H,8-14,16,34-35H2,1-7H3,(H,36,49)(H,37,52)(H,38,51)(H,39,45)(H,40,46)(H,41,48)(H,42,47)(H,43,50)/t20-,21-,22-,26-,27-,28-/m0/s1. The highest BCUT2D eigenvalue weighted by molar-refractivity contribution is 7.80. The van der Waals surface area contributed by atoms with Gasteiger partial charge in [0, 0.05) is 5.75 Å². The minimum atomic E-state index is -1.21. The zero-order valence-electron chi connectivity index (χ0n) is 31.7. The molecule has 8 amide bonds. The van der Waals surface area contributed by atoms with Crippen molar-refractivity contribution < 1.29 is 43.2 Å². The first-order valence-electron chi connectivity index (χ1n) is 17.6. The lowest BCUT2D eigenvalue weighted by molar-refractivity contribution is -0.133. The summed E-state index contributed by atoms with van der Waals surface area (Å²) in [6, 6.07) is -5.91. The van der Waals surface area contributed by atoms with Crippen LogP contribution in [0.4, 0.5) is 0 Å². The Morgan fingerprint density at radius 1 is 0.585 bits per heavy atom. The molecular weight excluding hydrogens is 712 g/mol. The molecule has 0 unspecified atom stereocenters. The zero-order chi connectivity index (χ0) is 40.8. The molecule has 0 aliphatic rings. The minimum Gasteiger partial charge on any atom is -0.345 e. The number of nitrogens with one attached hydrogen (secondary N) is 8. The van der Waals surface area contributed by atoms with Crippen molar-refractivity contribution in [2.75, 3.05) is 31.9 Å². The van der Waals surface area contributed by atoms with Crippen molar-refractivity contribution in [2.24, 2.45) is 29.2 Å². The first-order valence-corrected chi connectivity index (χ1v) is 18.3. The molecule has 0 aliphatic heterocycles. The number of rotatable bonds is 25. The Morgan fingerprint density at radius 3 is 1.51 bits per heavy atom. The van der Waals surface area contributed by atoms with Gasteiger partial charge in [-0.15, -0.1) is 0 Å². The van der Waals surface area contributed by atoms with E-state index in [0.29, 0.717) is 32.1 Å². The number of unbranched alkanes of at least 4 members (excludes halogenated alkanes) is 1. The number of carbonyl (C=O) groups is 9. The zero-order valence-corrected chi connectivity index (χ0v) is 32.6. The van der Waals surface area contributed by atoms with Crippen LogP contribution >= 0.6 is 12.6 Å². The van der Waals surface area contributed by atoms with Gasteiger partial charge in [-0.05, 0) is 50.5 Å². The van der Waals surface area contributed by atoms with Gasteiger partial charge in [0.1, 0.15) is 30.5 Å². The fourth-order valence-corrected chi connectivity index (χ4v) is 4.74. The molecule has 0 aliphatic carbocycles. The lowest BCUT2D eigenvalue weighted by atomic mass is 10.0. The van der Waals surface area contributed by atoms with Gasteiger partial charge in [-0.3, -0.25) is 38.4 Å². The fourth-order valence-electron chi connectivity index (χ4n) is 4.48. The lowest BCUT2D eigenvalue weighted by Crippen LogP contribution is -2.57. The van der Waals surface area contributed by atoms with Crippen LogP contribution in [0.25, 0.3) is 0 Å². The van der Waals surface area contributed by atoms with Gasteiger partial charge in [0.05, 0.1) is 31.7 Å². The van der Waals surface area contributed by atoms with Crippen LogP contribution in [0.1, 0.15) is 67.7 Å². The van der Waals surface area contributed by atoms with Crippen LogP contribution in [0.5, 0.6) is 0 Å². The van der Waals surface area contributed by atoms with Gasteiger partial charge in [0.2, 0.25) is 47.3 Å². The highest BCUT2D eigenvalue weighted by Gasteiger charge is 2.29. The van der Waals surface area contributed by atoms with Crippen LogP contribution in [-0.2, 0) is 43.2 Å². The second-order valence-corrected chi connectivity index (χ2v) is 13.9. The first kappa shape index (κ1) is 48.7. The molecule has 6 atom stereocenters. The number of aldehydes is 1. The minimum absolute atomic E-state index is 0.157. The average Bonchev–Trinajstić information content (AvgIpc) is 3.10. The van der Waals surface area contributed by atoms with Gasteiger partial charge in [-0.2, -0.15) is 12.6 Å². The molecule has 53 heavy (non-hydrogen) atoms. The molecule has 12 N–H and O–H groups in total. The summed E-state index contributed by atoms with van der Waals surface area (Å²) in [7, 11) is 0. The van der Waals surface area contributed by atoms with Crippen molar-refractivity contribution >= 4 is 66.2 Å². The Balaban J connectivity index is 4.94. The Morgan fingerprint density at radius 2 is 1.06 bits per heavy atom. The molecule has 0 aromatic carbocycles. The van der Waals surface area contributed by atoms with Gasteiger partial charge >= 0.3 is 0 Å². The van der Waals surface area contributed by atoms with E-state index in [-0.39, 0.29) is 17.6 Å². The van der Waals surface area contributed by atoms with E-state index >= 15 is 0 Å². The third-order valence-electron chi connectivity index (χ3n) is 7.87. The first-order chi connectivity index (χ1) is 24.8. The Labute approximate surface area is 316 Å². The molecule has 0 radical (unpaired) electrons. The van der Waals surface area contributed by atoms with Crippen molar-refractivity contribution in [1.29, 1.82) is 0 Å². The smallest absolute Gasteiger partial charge is 0.243 e. The maximum absolute atomic E-state index is 12.8. The Kier molecular flexibility index (Phi) is 23.6. The average molecular weight is 773 g/mol. The van der Waals surface area contributed by atoms with Crippen LogP contribution in [0.15, 0.2) is 0 Å². The van der Waals surface area contributed by atoms with E-state index < -0.39 is 109 Å². The van der Waals surface area contributed by atoms with Gasteiger partial charge in [0.15, 0.2) is 0 Å². The van der Waals surface area contributed by atoms with Crippen molar-refractivity contribution in [1.82, 2.24) is 42.5 Å². The van der Waals surface area contributed by atoms with E-state index in [1.165, 1.54) is 6.92 Å². The quantitative estimate of drug-likeness (QED) is 0.0244. The van der Waals surface area contributed by atoms with Crippen molar-refractivity contribution in [3.8, 4) is 0 Å². The maximum atomic E-state index is 12.8. The molecular formula is C33H60N10O9S. The SMILES string of the molecule is CC(C)[C@H](N)C(=O)N[C@H](C(=O)NCC(=O)N[C@@H](C)C(=O)N[C@@H](CS)C(=O)NCC(=O)N[C@H](C(=O)NCC(=O)N[C@H](C=O)CCCCN)C(C)C)C(C)C. The molecule has 0 aromatic heterocycles. The van der Waals surface area contributed by atoms with Crippen LogP contribution in [-0.4, -0.2) is 122 Å². The molecule has 19 nitrogen and oxygen atoms in total. The summed E-state index contributed by atoms with van der Waals surface area (Å²) >= 11 is 4.09. The molecule has 0 aromatic rings. The number of nitrogens with two attached hydrogens (primary N) is 2. The predicted octanol–water partition coefficient (Wildman–Crippen LogP) is -3.67. The summed E-state index contributed by atoms with van der Waals surface area (Å²) in [6.07, 6.45) is 2.35. The normalized spacial score (nSPS) is 14.4. The van der Waals surface area contributed by atoms with E-state index in [0.717, 1.165) is 0 Å². The number of hydrogen-bond acceptors (Lipinski definition) is 12. The lowest BCUT2D eigenvalue weighted by Gasteiger charge is -2.24. The molecule has 302 valence electrons. The summed E-state index contributed by atoms with van der Waals surface area (Å²) in [4.78, 5) is 112. The highest BCUT2D eigenvalue weighted by atomic mass is 32.1. The highest BCUT2D eigenvalue weighted by Crippen LogP contribution is 2.05. The molecule has 0 saturated heterocycles. The van der Waals surface area contributed by atoms with E-state index in [1.54, 1.807) is 41.5 Å². The van der Waals surface area contributed by atoms with Crippen LogP contribution < -0.4 is 54.0 Å². The second kappa shape index (κ2) is 25.6. The summed E-state index contributed by atoms with van der Waals surface area (Å²) in [6.45, 7) is 10.6. The van der Waals surface area contributed by atoms with Crippen LogP contribution in [0.2, 0.25) is 0 Å². The van der Waals surface area contributed by atoms with E-state index in [4.69, 9.17) is 11.5 Å². The van der Waals surface area contributed by atoms with E-state index in [2.05, 4.69) is 55.2 Å². The molecule has 0 heterocycles. The van der Waals surface area contributed by atoms with Crippen LogP contribution in [0, 0.1) is 17.8 Å². The van der Waals surface area contributed by atoms with Crippen molar-refractivity contribution in [3.05, 3.63) is 0 Å².